The van der Waals surface area contributed by atoms with Gasteiger partial charge < -0.3 is 49.2 Å². The van der Waals surface area contributed by atoms with E-state index in [1.807, 2.05) is 94.1 Å². The minimum atomic E-state index is 0.691. The molecule has 0 atom stereocenters. The molecule has 4 saturated heterocycles. The molecule has 21 rings (SSSR count). The number of nitrogens with zero attached hydrogens (tertiary/aromatic N) is 14. The number of nitrogens with one attached hydrogen (secondary N) is 2. The molecule has 0 unspecified atom stereocenters. The Hall–Kier alpha value is -0.480. The van der Waals surface area contributed by atoms with Gasteiger partial charge in [0.2, 0.25) is 0 Å². The first-order valence-electron chi connectivity index (χ1n) is 48.5. The highest BCUT2D eigenvalue weighted by molar-refractivity contribution is 8.04. The fourth-order valence-corrected chi connectivity index (χ4v) is 34.9. The number of fused-ring (bicyclic) bond motifs is 84. The van der Waals surface area contributed by atoms with Crippen molar-refractivity contribution < 1.29 is 0 Å². The van der Waals surface area contributed by atoms with E-state index in [9.17, 15) is 0 Å². The number of benzene rings is 4. The summed E-state index contributed by atoms with van der Waals surface area (Å²) in [4.78, 5) is 77.1. The van der Waals surface area contributed by atoms with Crippen LogP contribution in [-0.2, 0) is 0 Å². The molecule has 698 valence electrons. The van der Waals surface area contributed by atoms with Crippen molar-refractivity contribution in [1.82, 2.24) is 79.1 Å². The molecule has 32 heteroatoms. The van der Waals surface area contributed by atoms with Crippen LogP contribution >= 0.6 is 188 Å². The molecule has 4 aromatic carbocycles. The summed E-state index contributed by atoms with van der Waals surface area (Å²) in [6, 6.07) is 20.0. The summed E-state index contributed by atoms with van der Waals surface area (Å²) in [5.74, 6) is 30.8. The van der Waals surface area contributed by atoms with E-state index >= 15 is 0 Å². The van der Waals surface area contributed by atoms with Gasteiger partial charge in [-0.25, -0.2) is 29.9 Å². The van der Waals surface area contributed by atoms with Gasteiger partial charge in [0.15, 0.2) is 23.3 Å². The Morgan fingerprint density at radius 1 is 0.164 bits per heavy atom. The second kappa shape index (κ2) is 54.3. The maximum absolute atomic E-state index is 6.05. The first-order valence-corrected chi connectivity index (χ1v) is 65.6. The molecule has 0 amide bonds. The van der Waals surface area contributed by atoms with Gasteiger partial charge >= 0.3 is 0 Å². The molecule has 17 heterocycles. The smallest absolute Gasteiger partial charge is 0.164 e. The average Bonchev–Trinajstić information content (AvgIpc) is 1.59. The number of H-pyrrole nitrogens is 2. The van der Waals surface area contributed by atoms with Gasteiger partial charge in [-0.2, -0.15) is 94.1 Å². The third kappa shape index (κ3) is 29.8. The van der Waals surface area contributed by atoms with E-state index in [-0.39, 0.29) is 0 Å². The van der Waals surface area contributed by atoms with Crippen LogP contribution in [0.15, 0.2) is 87.7 Å². The van der Waals surface area contributed by atoms with Crippen LogP contribution in [0.4, 0.5) is 0 Å². The summed E-state index contributed by atoms with van der Waals surface area (Å²) in [5.41, 5.74) is 7.27. The largest absolute Gasteiger partial charge is 0.324 e. The van der Waals surface area contributed by atoms with Crippen molar-refractivity contribution >= 4 is 232 Å². The minimum absolute atomic E-state index is 0.691. The molecule has 16 bridgehead atoms. The van der Waals surface area contributed by atoms with E-state index in [1.54, 1.807) is 0 Å². The van der Waals surface area contributed by atoms with E-state index < -0.39 is 0 Å². The summed E-state index contributed by atoms with van der Waals surface area (Å²) < 4.78 is 0. The van der Waals surface area contributed by atoms with Gasteiger partial charge in [-0.05, 0) is 348 Å². The quantitative estimate of drug-likeness (QED) is 0.149. The lowest BCUT2D eigenvalue weighted by molar-refractivity contribution is 0.291. The fraction of sp³-hybridized carbons (Fsp3) is 0.667. The molecule has 0 radical (unpaired) electrons. The van der Waals surface area contributed by atoms with Crippen LogP contribution in [0, 0.1) is 0 Å². The predicted octanol–water partition coefficient (Wildman–Crippen LogP) is 22.2. The molecule has 0 spiro atoms. The van der Waals surface area contributed by atoms with Crippen LogP contribution in [0.5, 0.6) is 0 Å². The van der Waals surface area contributed by atoms with E-state index in [4.69, 9.17) is 29.9 Å². The third-order valence-electron chi connectivity index (χ3n) is 25.6. The first-order chi connectivity index (χ1) is 63.5. The van der Waals surface area contributed by atoms with Gasteiger partial charge in [-0.3, -0.25) is 0 Å². The van der Waals surface area contributed by atoms with E-state index in [0.29, 0.717) is 23.3 Å². The molecule has 14 aliphatic rings. The maximum Gasteiger partial charge on any atom is 0.164 e. The highest BCUT2D eigenvalue weighted by Gasteiger charge is 2.30. The number of thioether (sulfide) groups is 16. The number of hydrogen-bond acceptors (Lipinski definition) is 30. The zero-order valence-corrected chi connectivity index (χ0v) is 88.7. The number of aromatic amines is 2. The zero-order chi connectivity index (χ0) is 86.4. The van der Waals surface area contributed by atoms with Gasteiger partial charge in [0, 0.05) is 181 Å². The molecule has 4 fully saturated rings. The van der Waals surface area contributed by atoms with Gasteiger partial charge in [-0.1, -0.05) is 0 Å². The van der Waals surface area contributed by atoms with Crippen LogP contribution in [0.3, 0.4) is 0 Å². The van der Waals surface area contributed by atoms with Crippen molar-refractivity contribution in [2.45, 2.75) is 142 Å². The highest BCUT2D eigenvalue weighted by Crippen LogP contribution is 2.48. The molecule has 0 saturated carbocycles. The Morgan fingerprint density at radius 2 is 0.305 bits per heavy atom. The highest BCUT2D eigenvalue weighted by atomic mass is 32.2. The van der Waals surface area contributed by atoms with Crippen LogP contribution < -0.4 is 0 Å². The Labute approximate surface area is 833 Å². The fourth-order valence-electron chi connectivity index (χ4n) is 18.7. The van der Waals surface area contributed by atoms with E-state index in [0.717, 1.165) is 269 Å². The van der Waals surface area contributed by atoms with Crippen molar-refractivity contribution in [2.75, 3.05) is 295 Å². The molecular weight excluding hydrogens is 1890 g/mol. The lowest BCUT2D eigenvalue weighted by Gasteiger charge is -2.23. The molecule has 16 nitrogen and oxygen atoms in total. The van der Waals surface area contributed by atoms with Crippen molar-refractivity contribution in [2.24, 2.45) is 0 Å². The summed E-state index contributed by atoms with van der Waals surface area (Å²) in [5, 5.41) is 4.27. The van der Waals surface area contributed by atoms with Gasteiger partial charge in [-0.15, -0.1) is 94.1 Å². The SMILES string of the molecule is c1c2c(cc3c1-c1nc-3nc3[nH]c(nc4nc(nc5[nH]c(n1)c1cc6c(cc51)SCCN1CCCSCCCN(CCCSCCC1)CCS6)-c1cc5c(cc1-4)SCCN1CCCSCCCN(CCCSCCC1)CCS5)c1cc4c(cc31)SCCN1CCCSCCCN(CCCSCCC1)CCS4)SCCN1CCCSCCCN(CCCSCCC1)CCS2. The molecule has 14 aliphatic heterocycles. The van der Waals surface area contributed by atoms with Crippen molar-refractivity contribution in [3.05, 3.63) is 48.5 Å². The van der Waals surface area contributed by atoms with Gasteiger partial charge in [0.25, 0.3) is 0 Å². The molecule has 7 aromatic rings. The molecular formula is C96H138N16S16. The molecule has 2 N–H and O–H groups in total. The number of rotatable bonds is 0. The zero-order valence-electron chi connectivity index (χ0n) is 75.7. The lowest BCUT2D eigenvalue weighted by atomic mass is 10.1. The summed E-state index contributed by atoms with van der Waals surface area (Å²) in [6.45, 7) is 27.1. The predicted molar refractivity (Wildman–Crippen MR) is 586 cm³/mol. The Balaban J connectivity index is 0.880. The molecule has 3 aromatic heterocycles. The van der Waals surface area contributed by atoms with Crippen LogP contribution in [-0.4, -0.2) is 374 Å². The second-order valence-electron chi connectivity index (χ2n) is 35.1. The average molecular weight is 2030 g/mol. The molecule has 0 aliphatic carbocycles. The van der Waals surface area contributed by atoms with Crippen molar-refractivity contribution in [3.63, 3.8) is 0 Å². The van der Waals surface area contributed by atoms with E-state index in [2.05, 4.69) is 192 Å². The van der Waals surface area contributed by atoms with Crippen LogP contribution in [0.25, 0.3) is 89.7 Å². The summed E-state index contributed by atoms with van der Waals surface area (Å²) in [7, 11) is 0. The summed E-state index contributed by atoms with van der Waals surface area (Å²) >= 11 is 33.8. The van der Waals surface area contributed by atoms with Crippen LogP contribution in [0.1, 0.15) is 103 Å². The van der Waals surface area contributed by atoms with Crippen molar-refractivity contribution in [3.8, 4) is 45.6 Å². The normalized spacial score (nSPS) is 26.1. The standard InChI is InChI=1S/C96H138N16S16/c1-17-105-18-2-43-114-44-4-20-106(19-3-42-113-41-1)34-58-122-82-66-74-73(65-81(82)121-57-33-105)89-97-90(74)102-92-77-69-85-86(126-62-38-110-27-11-51-117-49-9-25-109(37-61-125-85)26-10-50-118-52-12-28-110)70-78(77)94(99-92)104-96-80-72-88-87(127-63-39-111-29-13-53-119-55-15-31-112(40-64-128-88)32-16-56-120-54-14-30-111)71-79(80)95(100-96)103-93-76-68-84-83(67-75(76)91(98-93)101-89)123-59-35-107-21-5-45-115-47-7-23-108(36-60-124-84)24-8-48-116-46-6-22-107/h65-72H,1-64H2,(H2,97,98,99,100,101,102,103,104). The Morgan fingerprint density at radius 3 is 0.453 bits per heavy atom. The van der Waals surface area contributed by atoms with Gasteiger partial charge in [0.05, 0.1) is 0 Å². The molecule has 128 heavy (non-hydrogen) atoms. The number of aromatic nitrogens is 8. The lowest BCUT2D eigenvalue weighted by Crippen LogP contribution is -2.30. The Kier molecular flexibility index (Phi) is 42.1. The third-order valence-corrected chi connectivity index (χ3v) is 43.7. The Bertz CT molecular complexity index is 4170. The van der Waals surface area contributed by atoms with Crippen molar-refractivity contribution in [1.29, 1.82) is 0 Å². The monoisotopic (exact) mass is 2030 g/mol. The topological polar surface area (TPSA) is 135 Å². The minimum Gasteiger partial charge on any atom is -0.324 e. The van der Waals surface area contributed by atoms with Crippen LogP contribution in [0.2, 0.25) is 0 Å². The second-order valence-corrected chi connectivity index (χ2v) is 54.0. The first kappa shape index (κ1) is 99.1. The number of hydrogen-bond donors (Lipinski definition) is 2. The maximum atomic E-state index is 6.05. The summed E-state index contributed by atoms with van der Waals surface area (Å²) in [6.07, 6.45) is 19.9. The van der Waals surface area contributed by atoms with Gasteiger partial charge in [0.1, 0.15) is 22.6 Å². The van der Waals surface area contributed by atoms with E-state index in [1.165, 1.54) is 234 Å².